The topological polar surface area (TPSA) is 70.1 Å². The van der Waals surface area contributed by atoms with Crippen LogP contribution in [0.3, 0.4) is 0 Å². The highest BCUT2D eigenvalue weighted by molar-refractivity contribution is 5.99. The number of hydrogen-bond donors (Lipinski definition) is 1. The molecule has 2 atom stereocenters. The average Bonchev–Trinajstić information content (AvgIpc) is 2.21. The van der Waals surface area contributed by atoms with E-state index in [1.54, 1.807) is 0 Å². The summed E-state index contributed by atoms with van der Waals surface area (Å²) in [6, 6.07) is -0.496. The van der Waals surface area contributed by atoms with Gasteiger partial charge in [-0.1, -0.05) is 0 Å². The predicted molar refractivity (Wildman–Crippen MR) is 47.3 cm³/mol. The molecule has 0 aromatic rings. The molecule has 1 heterocycles. The summed E-state index contributed by atoms with van der Waals surface area (Å²) >= 11 is 0. The molecule has 80 valence electrons. The number of hydrogen-bond acceptors (Lipinski definition) is 4. The van der Waals surface area contributed by atoms with Gasteiger partial charge in [0, 0.05) is 21.2 Å². The lowest BCUT2D eigenvalue weighted by molar-refractivity contribution is -0.193. The summed E-state index contributed by atoms with van der Waals surface area (Å²) < 4.78 is 5.00. The van der Waals surface area contributed by atoms with Gasteiger partial charge in [-0.25, -0.2) is 4.79 Å². The van der Waals surface area contributed by atoms with Crippen LogP contribution in [0.25, 0.3) is 0 Å². The monoisotopic (exact) mass is 202 g/mol. The Kier molecular flexibility index (Phi) is 2.51. The lowest BCUT2D eigenvalue weighted by atomic mass is 10.0. The van der Waals surface area contributed by atoms with Crippen molar-refractivity contribution in [3.63, 3.8) is 0 Å². The highest BCUT2D eigenvalue weighted by Crippen LogP contribution is 2.26. The van der Waals surface area contributed by atoms with Crippen molar-refractivity contribution >= 4 is 11.9 Å². The molecule has 1 saturated heterocycles. The first-order valence-electron chi connectivity index (χ1n) is 4.15. The number of amides is 3. The Bertz CT molecular complexity index is 257. The Labute approximate surface area is 82.0 Å². The Balaban J connectivity index is 3.10. The molecule has 6 heteroatoms. The van der Waals surface area contributed by atoms with E-state index in [0.717, 1.165) is 4.90 Å². The van der Waals surface area contributed by atoms with Crippen molar-refractivity contribution in [1.29, 1.82) is 0 Å². The highest BCUT2D eigenvalue weighted by atomic mass is 16.5. The van der Waals surface area contributed by atoms with Gasteiger partial charge in [0.15, 0.2) is 11.8 Å². The van der Waals surface area contributed by atoms with Crippen molar-refractivity contribution in [2.75, 3.05) is 21.2 Å². The van der Waals surface area contributed by atoms with Gasteiger partial charge in [-0.15, -0.1) is 0 Å². The number of aliphatic hydroxyl groups excluding tert-OH is 1. The zero-order chi connectivity index (χ0) is 11.1. The molecule has 1 aliphatic heterocycles. The second-order valence-corrected chi connectivity index (χ2v) is 3.40. The zero-order valence-corrected chi connectivity index (χ0v) is 8.64. The fourth-order valence-corrected chi connectivity index (χ4v) is 1.35. The van der Waals surface area contributed by atoms with E-state index in [-0.39, 0.29) is 0 Å². The second-order valence-electron chi connectivity index (χ2n) is 3.40. The van der Waals surface area contributed by atoms with Crippen LogP contribution in [0.4, 0.5) is 4.79 Å². The maximum atomic E-state index is 11.5. The van der Waals surface area contributed by atoms with Crippen LogP contribution in [0.15, 0.2) is 0 Å². The van der Waals surface area contributed by atoms with E-state index in [1.807, 2.05) is 0 Å². The van der Waals surface area contributed by atoms with Gasteiger partial charge in [0.25, 0.3) is 5.91 Å². The molecular formula is C8H14N2O4. The van der Waals surface area contributed by atoms with Gasteiger partial charge in [0.2, 0.25) is 0 Å². The molecule has 1 N–H and O–H groups in total. The number of imide groups is 1. The first-order chi connectivity index (χ1) is 6.36. The lowest BCUT2D eigenvalue weighted by Crippen LogP contribution is -2.69. The number of aliphatic hydroxyl groups is 1. The maximum Gasteiger partial charge on any atom is 0.328 e. The van der Waals surface area contributed by atoms with Crippen LogP contribution in [0.1, 0.15) is 6.92 Å². The van der Waals surface area contributed by atoms with Crippen LogP contribution < -0.4 is 0 Å². The molecule has 14 heavy (non-hydrogen) atoms. The largest absolute Gasteiger partial charge is 0.379 e. The van der Waals surface area contributed by atoms with Crippen LogP contribution >= 0.6 is 0 Å². The first-order valence-corrected chi connectivity index (χ1v) is 4.15. The molecule has 0 radical (unpaired) electrons. The quantitative estimate of drug-likeness (QED) is 0.606. The number of carbonyl (C=O) groups is 2. The number of ether oxygens (including phenoxy) is 1. The smallest absolute Gasteiger partial charge is 0.328 e. The number of carbonyl (C=O) groups excluding carboxylic acids is 2. The molecule has 1 fully saturated rings. The van der Waals surface area contributed by atoms with E-state index in [9.17, 15) is 14.7 Å². The summed E-state index contributed by atoms with van der Waals surface area (Å²) in [6.45, 7) is 1.49. The molecule has 0 unspecified atom stereocenters. The van der Waals surface area contributed by atoms with Crippen LogP contribution in [-0.4, -0.2) is 59.9 Å². The highest BCUT2D eigenvalue weighted by Gasteiger charge is 2.51. The third kappa shape index (κ3) is 1.18. The molecule has 0 aromatic carbocycles. The Hall–Kier alpha value is -1.14. The van der Waals surface area contributed by atoms with Crippen LogP contribution in [0.5, 0.6) is 0 Å². The number of urea groups is 1. The predicted octanol–water partition coefficient (Wildman–Crippen LogP) is -0.766. The minimum Gasteiger partial charge on any atom is -0.379 e. The van der Waals surface area contributed by atoms with Crippen LogP contribution in [-0.2, 0) is 9.53 Å². The van der Waals surface area contributed by atoms with Crippen molar-refractivity contribution in [1.82, 2.24) is 9.80 Å². The normalized spacial score (nSPS) is 33.9. The Morgan fingerprint density at radius 3 is 2.36 bits per heavy atom. The fourth-order valence-electron chi connectivity index (χ4n) is 1.35. The summed E-state index contributed by atoms with van der Waals surface area (Å²) in [5.74, 6) is -0.655. The van der Waals surface area contributed by atoms with Crippen LogP contribution in [0, 0.1) is 0 Å². The molecule has 0 spiro atoms. The molecule has 1 aliphatic rings. The van der Waals surface area contributed by atoms with Gasteiger partial charge in [-0.3, -0.25) is 14.6 Å². The van der Waals surface area contributed by atoms with E-state index in [2.05, 4.69) is 0 Å². The average molecular weight is 202 g/mol. The maximum absolute atomic E-state index is 11.5. The minimum absolute atomic E-state index is 0.496. The third-order valence-corrected chi connectivity index (χ3v) is 2.72. The fraction of sp³-hybridized carbons (Fsp3) is 0.750. The first kappa shape index (κ1) is 10.9. The van der Waals surface area contributed by atoms with E-state index >= 15 is 0 Å². The van der Waals surface area contributed by atoms with Gasteiger partial charge >= 0.3 is 6.03 Å². The molecule has 0 aromatic heterocycles. The zero-order valence-electron chi connectivity index (χ0n) is 8.64. The van der Waals surface area contributed by atoms with Crippen LogP contribution in [0.2, 0.25) is 0 Å². The summed E-state index contributed by atoms with van der Waals surface area (Å²) in [5.41, 5.74) is -1.29. The Morgan fingerprint density at radius 1 is 1.43 bits per heavy atom. The molecular weight excluding hydrogens is 188 g/mol. The molecule has 1 rings (SSSR count). The van der Waals surface area contributed by atoms with E-state index in [0.29, 0.717) is 0 Å². The van der Waals surface area contributed by atoms with Crippen molar-refractivity contribution in [3.05, 3.63) is 0 Å². The molecule has 6 nitrogen and oxygen atoms in total. The third-order valence-electron chi connectivity index (χ3n) is 2.72. The second kappa shape index (κ2) is 3.21. The number of likely N-dealkylation sites (N-methyl/N-ethyl adjacent to an activating group) is 2. The molecule has 0 saturated carbocycles. The Morgan fingerprint density at radius 2 is 1.93 bits per heavy atom. The van der Waals surface area contributed by atoms with Gasteiger partial charge in [0.1, 0.15) is 0 Å². The van der Waals surface area contributed by atoms with E-state index in [4.69, 9.17) is 4.74 Å². The van der Waals surface area contributed by atoms with Gasteiger partial charge in [-0.2, -0.15) is 0 Å². The standard InChI is InChI=1S/C8H14N2O4/c1-8(14-4)5(11)6(12)9(2)7(13)10(8)3/h5,11H,1-4H3/t5-,8-/m1/s1. The van der Waals surface area contributed by atoms with Crippen molar-refractivity contribution in [2.24, 2.45) is 0 Å². The summed E-state index contributed by atoms with van der Waals surface area (Å²) in [5, 5.41) is 9.65. The summed E-state index contributed by atoms with van der Waals surface area (Å²) in [4.78, 5) is 25.0. The van der Waals surface area contributed by atoms with Gasteiger partial charge in [-0.05, 0) is 6.92 Å². The summed E-state index contributed by atoms with van der Waals surface area (Å²) in [7, 11) is 4.13. The molecule has 0 bridgehead atoms. The number of rotatable bonds is 1. The van der Waals surface area contributed by atoms with Crippen molar-refractivity contribution < 1.29 is 19.4 Å². The molecule has 3 amide bonds. The SMILES string of the molecule is CO[C@]1(C)[C@H](O)C(=O)N(C)C(=O)N1C. The minimum atomic E-state index is -1.36. The molecule has 0 aliphatic carbocycles. The van der Waals surface area contributed by atoms with E-state index < -0.39 is 23.8 Å². The van der Waals surface area contributed by atoms with E-state index in [1.165, 1.54) is 33.0 Å². The van der Waals surface area contributed by atoms with Gasteiger partial charge < -0.3 is 9.84 Å². The lowest BCUT2D eigenvalue weighted by Gasteiger charge is -2.46. The van der Waals surface area contributed by atoms with Gasteiger partial charge in [0.05, 0.1) is 0 Å². The van der Waals surface area contributed by atoms with Crippen molar-refractivity contribution in [2.45, 2.75) is 18.8 Å². The van der Waals surface area contributed by atoms with Crippen molar-refractivity contribution in [3.8, 4) is 0 Å². The summed E-state index contributed by atoms with van der Waals surface area (Å²) in [6.07, 6.45) is -1.36. The number of nitrogens with zero attached hydrogens (tertiary/aromatic N) is 2. The number of methoxy groups -OCH3 is 1.